The maximum absolute atomic E-state index is 12.7. The second-order valence-corrected chi connectivity index (χ2v) is 11.1. The molecule has 4 aromatic rings. The average molecular weight is 568 g/mol. The van der Waals surface area contributed by atoms with E-state index in [1.54, 1.807) is 22.9 Å². The number of methoxy groups -OCH3 is 1. The number of nitrogens with zero attached hydrogens (tertiary/aromatic N) is 6. The number of anilines is 2. The second-order valence-electron chi connectivity index (χ2n) is 10.1. The number of nitrogens with one attached hydrogen (secondary N) is 1. The summed E-state index contributed by atoms with van der Waals surface area (Å²) in [5.41, 5.74) is 4.59. The minimum absolute atomic E-state index is 0.00862. The Kier molecular flexibility index (Phi) is 8.49. The monoisotopic (exact) mass is 567 g/mol. The number of ether oxygens (including phenoxy) is 1. The molecule has 0 radical (unpaired) electrons. The highest BCUT2D eigenvalue weighted by atomic mass is 32.2. The van der Waals surface area contributed by atoms with Crippen LogP contribution < -0.4 is 15.0 Å². The maximum Gasteiger partial charge on any atom is 0.243 e. The van der Waals surface area contributed by atoms with Gasteiger partial charge in [-0.05, 0) is 61.2 Å². The molecule has 1 N–H and O–H groups in total. The van der Waals surface area contributed by atoms with E-state index < -0.39 is 0 Å². The van der Waals surface area contributed by atoms with Gasteiger partial charge in [0.2, 0.25) is 11.9 Å². The van der Waals surface area contributed by atoms with Crippen molar-refractivity contribution in [2.24, 2.45) is 10.2 Å². The first kappa shape index (κ1) is 28.1. The van der Waals surface area contributed by atoms with E-state index in [9.17, 15) is 4.79 Å². The fraction of sp³-hybridized carbons (Fsp3) is 0.258. The van der Waals surface area contributed by atoms with Gasteiger partial charge in [0, 0.05) is 11.6 Å². The average Bonchev–Trinajstić information content (AvgIpc) is 3.56. The minimum Gasteiger partial charge on any atom is -0.497 e. The molecule has 1 fully saturated rings. The third-order valence-corrected chi connectivity index (χ3v) is 7.34. The van der Waals surface area contributed by atoms with Crippen molar-refractivity contribution in [3.8, 4) is 22.8 Å². The largest absolute Gasteiger partial charge is 0.497 e. The van der Waals surface area contributed by atoms with Crippen LogP contribution in [0.15, 0.2) is 83.0 Å². The Morgan fingerprint density at radius 3 is 2.41 bits per heavy atom. The molecule has 210 valence electrons. The van der Waals surface area contributed by atoms with Crippen molar-refractivity contribution in [3.63, 3.8) is 0 Å². The van der Waals surface area contributed by atoms with Gasteiger partial charge in [0.1, 0.15) is 5.75 Å². The SMILES string of the molecule is COc1ccc(-n2nc(-c3ccc(C=NN=C4SCC(=O)N4c4ccccc4C(C)C)cc3)nc2NC(C)C)cc1. The second kappa shape index (κ2) is 12.4. The predicted octanol–water partition coefficient (Wildman–Crippen LogP) is 6.36. The molecule has 0 bridgehead atoms. The number of benzene rings is 3. The first-order valence-electron chi connectivity index (χ1n) is 13.5. The molecule has 1 amide bonds. The quantitative estimate of drug-likeness (QED) is 0.187. The number of carbonyl (C=O) groups is 1. The van der Waals surface area contributed by atoms with E-state index in [1.807, 2.05) is 66.7 Å². The lowest BCUT2D eigenvalue weighted by Crippen LogP contribution is -2.30. The molecule has 41 heavy (non-hydrogen) atoms. The summed E-state index contributed by atoms with van der Waals surface area (Å²) < 4.78 is 7.08. The summed E-state index contributed by atoms with van der Waals surface area (Å²) in [7, 11) is 1.64. The Hall–Kier alpha value is -4.44. The molecule has 1 aromatic heterocycles. The van der Waals surface area contributed by atoms with Crippen LogP contribution in [0.5, 0.6) is 5.75 Å². The Balaban J connectivity index is 1.36. The van der Waals surface area contributed by atoms with Gasteiger partial charge in [0.05, 0.1) is 30.5 Å². The number of rotatable bonds is 9. The summed E-state index contributed by atoms with van der Waals surface area (Å²) in [5, 5.41) is 17.4. The van der Waals surface area contributed by atoms with E-state index in [4.69, 9.17) is 14.8 Å². The Bertz CT molecular complexity index is 1580. The summed E-state index contributed by atoms with van der Waals surface area (Å²) >= 11 is 1.40. The highest BCUT2D eigenvalue weighted by Crippen LogP contribution is 2.33. The number of aromatic nitrogens is 3. The number of para-hydroxylation sites is 1. The number of hydrogen-bond donors (Lipinski definition) is 1. The lowest BCUT2D eigenvalue weighted by Gasteiger charge is -2.20. The molecule has 2 heterocycles. The molecular weight excluding hydrogens is 534 g/mol. The lowest BCUT2D eigenvalue weighted by molar-refractivity contribution is -0.115. The van der Waals surface area contributed by atoms with Crippen LogP contribution in [-0.4, -0.2) is 51.0 Å². The van der Waals surface area contributed by atoms with Gasteiger partial charge in [-0.2, -0.15) is 14.8 Å². The molecular formula is C31H33N7O2S. The van der Waals surface area contributed by atoms with Gasteiger partial charge in [0.25, 0.3) is 0 Å². The fourth-order valence-corrected chi connectivity index (χ4v) is 5.22. The number of amidine groups is 1. The van der Waals surface area contributed by atoms with E-state index in [1.165, 1.54) is 11.8 Å². The van der Waals surface area contributed by atoms with E-state index in [2.05, 4.69) is 49.3 Å². The molecule has 0 spiro atoms. The van der Waals surface area contributed by atoms with Crippen molar-refractivity contribution in [2.75, 3.05) is 23.1 Å². The summed E-state index contributed by atoms with van der Waals surface area (Å²) in [6, 6.07) is 23.6. The Morgan fingerprint density at radius 1 is 1.00 bits per heavy atom. The molecule has 9 nitrogen and oxygen atoms in total. The van der Waals surface area contributed by atoms with Gasteiger partial charge in [-0.1, -0.05) is 68.1 Å². The standard InChI is InChI=1S/C31H33N7O2S/c1-20(2)26-8-6-7-9-27(26)37-28(39)19-41-31(37)35-32-18-22-10-12-23(13-11-22)29-34-30(33-21(3)4)38(36-29)24-14-16-25(40-5)17-15-24/h6-18,20-21H,19H2,1-5H3,(H,33,34,36). The third kappa shape index (κ3) is 6.33. The van der Waals surface area contributed by atoms with Crippen LogP contribution in [-0.2, 0) is 4.79 Å². The summed E-state index contributed by atoms with van der Waals surface area (Å²) in [4.78, 5) is 19.2. The van der Waals surface area contributed by atoms with Crippen molar-refractivity contribution < 1.29 is 9.53 Å². The molecule has 0 saturated carbocycles. The molecule has 1 aliphatic rings. The maximum atomic E-state index is 12.7. The van der Waals surface area contributed by atoms with Gasteiger partial charge in [-0.15, -0.1) is 10.2 Å². The summed E-state index contributed by atoms with van der Waals surface area (Å²) in [6.45, 7) is 8.36. The smallest absolute Gasteiger partial charge is 0.243 e. The molecule has 3 aromatic carbocycles. The zero-order valence-corrected chi connectivity index (χ0v) is 24.6. The van der Waals surface area contributed by atoms with E-state index in [-0.39, 0.29) is 17.9 Å². The summed E-state index contributed by atoms with van der Waals surface area (Å²) in [5.74, 6) is 2.68. The van der Waals surface area contributed by atoms with Crippen LogP contribution in [0.3, 0.4) is 0 Å². The van der Waals surface area contributed by atoms with E-state index in [0.717, 1.165) is 33.8 Å². The Labute approximate surface area is 244 Å². The molecule has 0 aliphatic carbocycles. The first-order chi connectivity index (χ1) is 19.8. The van der Waals surface area contributed by atoms with Crippen LogP contribution in [0.4, 0.5) is 11.6 Å². The van der Waals surface area contributed by atoms with Crippen molar-refractivity contribution in [3.05, 3.63) is 83.9 Å². The number of thioether (sulfide) groups is 1. The minimum atomic E-state index is 0.00862. The van der Waals surface area contributed by atoms with Gasteiger partial charge < -0.3 is 10.1 Å². The van der Waals surface area contributed by atoms with Crippen molar-refractivity contribution >= 4 is 40.7 Å². The fourth-order valence-electron chi connectivity index (χ4n) is 4.41. The first-order valence-corrected chi connectivity index (χ1v) is 14.5. The predicted molar refractivity (Wildman–Crippen MR) is 168 cm³/mol. The van der Waals surface area contributed by atoms with Crippen LogP contribution >= 0.6 is 11.8 Å². The summed E-state index contributed by atoms with van der Waals surface area (Å²) in [6.07, 6.45) is 1.68. The van der Waals surface area contributed by atoms with Gasteiger partial charge in [-0.3, -0.25) is 9.69 Å². The zero-order valence-electron chi connectivity index (χ0n) is 23.8. The Morgan fingerprint density at radius 2 is 1.73 bits per heavy atom. The van der Waals surface area contributed by atoms with Gasteiger partial charge in [0.15, 0.2) is 11.0 Å². The van der Waals surface area contributed by atoms with Gasteiger partial charge in [-0.25, -0.2) is 0 Å². The molecule has 0 atom stereocenters. The lowest BCUT2D eigenvalue weighted by atomic mass is 10.0. The van der Waals surface area contributed by atoms with Crippen molar-refractivity contribution in [1.29, 1.82) is 0 Å². The molecule has 1 saturated heterocycles. The van der Waals surface area contributed by atoms with Gasteiger partial charge >= 0.3 is 0 Å². The number of hydrogen-bond acceptors (Lipinski definition) is 8. The van der Waals surface area contributed by atoms with Crippen LogP contribution in [0.2, 0.25) is 0 Å². The van der Waals surface area contributed by atoms with Crippen molar-refractivity contribution in [1.82, 2.24) is 14.8 Å². The van der Waals surface area contributed by atoms with E-state index >= 15 is 0 Å². The molecule has 5 rings (SSSR count). The van der Waals surface area contributed by atoms with Crippen LogP contribution in [0.25, 0.3) is 17.1 Å². The topological polar surface area (TPSA) is 97.0 Å². The molecule has 1 aliphatic heterocycles. The highest BCUT2D eigenvalue weighted by Gasteiger charge is 2.31. The zero-order chi connectivity index (χ0) is 28.9. The molecule has 0 unspecified atom stereocenters. The normalized spacial score (nSPS) is 14.7. The van der Waals surface area contributed by atoms with Crippen LogP contribution in [0, 0.1) is 0 Å². The molecule has 10 heteroatoms. The third-order valence-electron chi connectivity index (χ3n) is 6.43. The van der Waals surface area contributed by atoms with E-state index in [0.29, 0.717) is 22.7 Å². The van der Waals surface area contributed by atoms with Crippen molar-refractivity contribution in [2.45, 2.75) is 39.7 Å². The highest BCUT2D eigenvalue weighted by molar-refractivity contribution is 8.15. The van der Waals surface area contributed by atoms with Crippen LogP contribution in [0.1, 0.15) is 44.7 Å². The number of carbonyl (C=O) groups excluding carboxylic acids is 1. The number of amides is 1.